The average Bonchev–Trinajstić information content (AvgIpc) is 2.83. The lowest BCUT2D eigenvalue weighted by atomic mass is 10.1. The zero-order valence-corrected chi connectivity index (χ0v) is 13.9. The first kappa shape index (κ1) is 16.1. The third-order valence-electron chi connectivity index (χ3n) is 3.98. The van der Waals surface area contributed by atoms with Crippen LogP contribution in [0.15, 0.2) is 53.3 Å². The van der Waals surface area contributed by atoms with Crippen molar-refractivity contribution < 1.29 is 9.53 Å². The highest BCUT2D eigenvalue weighted by Gasteiger charge is 2.15. The summed E-state index contributed by atoms with van der Waals surface area (Å²) < 4.78 is 8.15. The summed E-state index contributed by atoms with van der Waals surface area (Å²) in [4.78, 5) is 24.6. The molecular formula is C19H20N2O3. The van der Waals surface area contributed by atoms with Gasteiger partial charge in [-0.15, -0.1) is 0 Å². The van der Waals surface area contributed by atoms with Gasteiger partial charge < -0.3 is 4.74 Å². The number of hydrogen-bond acceptors (Lipinski definition) is 3. The van der Waals surface area contributed by atoms with Crippen molar-refractivity contribution in [3.63, 3.8) is 0 Å². The molecule has 0 atom stereocenters. The molecule has 3 rings (SSSR count). The molecule has 0 aliphatic carbocycles. The Kier molecular flexibility index (Phi) is 4.51. The summed E-state index contributed by atoms with van der Waals surface area (Å²) in [7, 11) is 0. The number of carbonyl (C=O) groups excluding carboxylic acids is 1. The van der Waals surface area contributed by atoms with E-state index >= 15 is 0 Å². The number of rotatable bonds is 5. The first-order valence-corrected chi connectivity index (χ1v) is 7.99. The molecule has 0 spiro atoms. The molecule has 0 aliphatic heterocycles. The van der Waals surface area contributed by atoms with Gasteiger partial charge in [-0.05, 0) is 31.5 Å². The lowest BCUT2D eigenvalue weighted by Crippen LogP contribution is -2.28. The van der Waals surface area contributed by atoms with E-state index in [0.29, 0.717) is 13.2 Å². The maximum atomic E-state index is 12.8. The van der Waals surface area contributed by atoms with Crippen LogP contribution in [0.3, 0.4) is 0 Å². The minimum Gasteiger partial charge on any atom is -0.465 e. The quantitative estimate of drug-likeness (QED) is 0.678. The van der Waals surface area contributed by atoms with Crippen molar-refractivity contribution in [3.05, 3.63) is 70.1 Å². The summed E-state index contributed by atoms with van der Waals surface area (Å²) in [6.07, 6.45) is 0. The number of esters is 1. The van der Waals surface area contributed by atoms with Gasteiger partial charge >= 0.3 is 11.7 Å². The smallest absolute Gasteiger partial charge is 0.329 e. The van der Waals surface area contributed by atoms with Crippen molar-refractivity contribution in [2.75, 3.05) is 6.61 Å². The highest BCUT2D eigenvalue weighted by molar-refractivity contribution is 5.78. The van der Waals surface area contributed by atoms with E-state index < -0.39 is 5.97 Å². The number of nitrogens with zero attached hydrogens (tertiary/aromatic N) is 2. The molecule has 0 N–H and O–H groups in total. The second-order valence-corrected chi connectivity index (χ2v) is 5.73. The predicted octanol–water partition coefficient (Wildman–Crippen LogP) is 2.72. The Labute approximate surface area is 140 Å². The summed E-state index contributed by atoms with van der Waals surface area (Å²) in [5.74, 6) is -0.405. The molecule has 5 nitrogen and oxygen atoms in total. The normalized spacial score (nSPS) is 10.9. The first-order valence-electron chi connectivity index (χ1n) is 7.99. The average molecular weight is 324 g/mol. The molecule has 0 unspecified atom stereocenters. The fourth-order valence-electron chi connectivity index (χ4n) is 2.79. The predicted molar refractivity (Wildman–Crippen MR) is 93.1 cm³/mol. The van der Waals surface area contributed by atoms with E-state index in [1.165, 1.54) is 10.1 Å². The Morgan fingerprint density at radius 3 is 2.25 bits per heavy atom. The first-order chi connectivity index (χ1) is 11.6. The van der Waals surface area contributed by atoms with E-state index in [1.54, 1.807) is 11.5 Å². The van der Waals surface area contributed by atoms with Gasteiger partial charge in [0, 0.05) is 0 Å². The number of para-hydroxylation sites is 2. The molecule has 2 aromatic carbocycles. The Hall–Kier alpha value is -2.82. The van der Waals surface area contributed by atoms with Crippen molar-refractivity contribution >= 4 is 17.0 Å². The topological polar surface area (TPSA) is 53.2 Å². The molecule has 5 heteroatoms. The summed E-state index contributed by atoms with van der Waals surface area (Å²) >= 11 is 0. The van der Waals surface area contributed by atoms with E-state index in [-0.39, 0.29) is 12.2 Å². The number of hydrogen-bond donors (Lipinski definition) is 0. The van der Waals surface area contributed by atoms with Gasteiger partial charge in [0.05, 0.1) is 24.2 Å². The molecule has 0 fully saturated rings. The second-order valence-electron chi connectivity index (χ2n) is 5.73. The standard InChI is InChI=1S/C19H20N2O3/c1-3-24-18(22)13-21-17-7-5-4-6-16(17)20(19(21)23)12-15-10-8-14(2)9-11-15/h4-11H,3,12-13H2,1-2H3. The summed E-state index contributed by atoms with van der Waals surface area (Å²) in [5, 5.41) is 0. The van der Waals surface area contributed by atoms with Crippen LogP contribution in [0.5, 0.6) is 0 Å². The third kappa shape index (κ3) is 3.11. The number of imidazole rings is 1. The number of benzene rings is 2. The minimum absolute atomic E-state index is 0.0753. The third-order valence-corrected chi connectivity index (χ3v) is 3.98. The molecule has 1 heterocycles. The van der Waals surface area contributed by atoms with Gasteiger partial charge in [0.2, 0.25) is 0 Å². The van der Waals surface area contributed by atoms with Crippen LogP contribution in [0.1, 0.15) is 18.1 Å². The number of aryl methyl sites for hydroxylation is 1. The number of fused-ring (bicyclic) bond motifs is 1. The van der Waals surface area contributed by atoms with E-state index in [2.05, 4.69) is 0 Å². The van der Waals surface area contributed by atoms with Crippen molar-refractivity contribution in [1.82, 2.24) is 9.13 Å². The number of carbonyl (C=O) groups is 1. The molecule has 124 valence electrons. The van der Waals surface area contributed by atoms with Gasteiger partial charge in [0.15, 0.2) is 0 Å². The van der Waals surface area contributed by atoms with Crippen LogP contribution in [0, 0.1) is 6.92 Å². The van der Waals surface area contributed by atoms with Gasteiger partial charge in [0.25, 0.3) is 0 Å². The molecule has 0 aliphatic rings. The molecule has 24 heavy (non-hydrogen) atoms. The molecule has 0 saturated carbocycles. The van der Waals surface area contributed by atoms with Crippen LogP contribution in [-0.2, 0) is 22.6 Å². The molecule has 0 amide bonds. The van der Waals surface area contributed by atoms with Crippen LogP contribution in [0.2, 0.25) is 0 Å². The molecule has 0 radical (unpaired) electrons. The molecule has 0 saturated heterocycles. The Bertz CT molecular complexity index is 920. The van der Waals surface area contributed by atoms with Gasteiger partial charge in [-0.3, -0.25) is 13.9 Å². The van der Waals surface area contributed by atoms with Crippen LogP contribution < -0.4 is 5.69 Å². The molecule has 1 aromatic heterocycles. The van der Waals surface area contributed by atoms with E-state index in [9.17, 15) is 9.59 Å². The van der Waals surface area contributed by atoms with Crippen LogP contribution >= 0.6 is 0 Å². The second kappa shape index (κ2) is 6.74. The van der Waals surface area contributed by atoms with Crippen molar-refractivity contribution in [2.24, 2.45) is 0 Å². The molecule has 0 bridgehead atoms. The minimum atomic E-state index is -0.405. The zero-order valence-electron chi connectivity index (χ0n) is 13.9. The number of ether oxygens (including phenoxy) is 1. The van der Waals surface area contributed by atoms with Crippen LogP contribution in [-0.4, -0.2) is 21.7 Å². The fraction of sp³-hybridized carbons (Fsp3) is 0.263. The van der Waals surface area contributed by atoms with E-state index in [4.69, 9.17) is 4.74 Å². The highest BCUT2D eigenvalue weighted by Crippen LogP contribution is 2.15. The van der Waals surface area contributed by atoms with Crippen molar-refractivity contribution in [1.29, 1.82) is 0 Å². The SMILES string of the molecule is CCOC(=O)Cn1c(=O)n(Cc2ccc(C)cc2)c2ccccc21. The fourth-order valence-corrected chi connectivity index (χ4v) is 2.79. The Morgan fingerprint density at radius 1 is 1.00 bits per heavy atom. The van der Waals surface area contributed by atoms with Crippen LogP contribution in [0.25, 0.3) is 11.0 Å². The maximum Gasteiger partial charge on any atom is 0.329 e. The summed E-state index contributed by atoms with van der Waals surface area (Å²) in [6, 6.07) is 15.6. The summed E-state index contributed by atoms with van der Waals surface area (Å²) in [5.41, 5.74) is 3.57. The van der Waals surface area contributed by atoms with Gasteiger partial charge in [-0.1, -0.05) is 42.0 Å². The Morgan fingerprint density at radius 2 is 1.62 bits per heavy atom. The van der Waals surface area contributed by atoms with Gasteiger partial charge in [-0.25, -0.2) is 4.79 Å². The van der Waals surface area contributed by atoms with Crippen molar-refractivity contribution in [2.45, 2.75) is 26.9 Å². The number of aromatic nitrogens is 2. The van der Waals surface area contributed by atoms with Gasteiger partial charge in [0.1, 0.15) is 6.54 Å². The van der Waals surface area contributed by atoms with Crippen LogP contribution in [0.4, 0.5) is 0 Å². The largest absolute Gasteiger partial charge is 0.465 e. The van der Waals surface area contributed by atoms with Crippen molar-refractivity contribution in [3.8, 4) is 0 Å². The lowest BCUT2D eigenvalue weighted by molar-refractivity contribution is -0.143. The summed E-state index contributed by atoms with van der Waals surface area (Å²) in [6.45, 7) is 4.47. The van der Waals surface area contributed by atoms with E-state index in [0.717, 1.165) is 16.6 Å². The van der Waals surface area contributed by atoms with Gasteiger partial charge in [-0.2, -0.15) is 0 Å². The zero-order chi connectivity index (χ0) is 17.1. The van der Waals surface area contributed by atoms with E-state index in [1.807, 2.05) is 55.5 Å². The monoisotopic (exact) mass is 324 g/mol. The Balaban J connectivity index is 2.04. The maximum absolute atomic E-state index is 12.8. The molecule has 3 aromatic rings. The molecular weight excluding hydrogens is 304 g/mol. The highest BCUT2D eigenvalue weighted by atomic mass is 16.5. The lowest BCUT2D eigenvalue weighted by Gasteiger charge is -2.04.